The van der Waals surface area contributed by atoms with E-state index in [9.17, 15) is 27.6 Å². The predicted molar refractivity (Wildman–Crippen MR) is 90.7 cm³/mol. The fourth-order valence-electron chi connectivity index (χ4n) is 1.80. The average Bonchev–Trinajstić information content (AvgIpc) is 2.61. The van der Waals surface area contributed by atoms with Gasteiger partial charge >= 0.3 is 12.1 Å². The lowest BCUT2D eigenvalue weighted by Gasteiger charge is -2.17. The monoisotopic (exact) mass is 392 g/mol. The van der Waals surface area contributed by atoms with Crippen LogP contribution in [-0.4, -0.2) is 55.2 Å². The van der Waals surface area contributed by atoms with Gasteiger partial charge in [-0.15, -0.1) is 0 Å². The number of hydrogen-bond donors (Lipinski definition) is 2. The van der Waals surface area contributed by atoms with Crippen LogP contribution in [0.4, 0.5) is 13.2 Å². The van der Waals surface area contributed by atoms with Crippen LogP contribution in [0.2, 0.25) is 0 Å². The summed E-state index contributed by atoms with van der Waals surface area (Å²) in [6, 6.07) is 7.18. The molecule has 2 amide bonds. The number of carbonyl (C=O) groups is 3. The van der Waals surface area contributed by atoms with Crippen LogP contribution in [0.3, 0.4) is 0 Å². The van der Waals surface area contributed by atoms with Gasteiger partial charge in [0.2, 0.25) is 0 Å². The number of thioether (sulfide) groups is 1. The minimum Gasteiger partial charge on any atom is -0.454 e. The lowest BCUT2D eigenvalue weighted by molar-refractivity contribution is -0.152. The van der Waals surface area contributed by atoms with Gasteiger partial charge in [0.15, 0.2) is 6.61 Å². The van der Waals surface area contributed by atoms with Crippen molar-refractivity contribution in [2.24, 2.45) is 0 Å². The van der Waals surface area contributed by atoms with Crippen molar-refractivity contribution in [2.75, 3.05) is 25.2 Å². The molecule has 1 aromatic rings. The Balaban J connectivity index is 2.57. The zero-order chi connectivity index (χ0) is 19.6. The molecule has 0 aliphatic rings. The summed E-state index contributed by atoms with van der Waals surface area (Å²) < 4.78 is 40.8. The molecule has 0 unspecified atom stereocenters. The molecule has 10 heteroatoms. The summed E-state index contributed by atoms with van der Waals surface area (Å²) in [5.41, 5.74) is 0.345. The van der Waals surface area contributed by atoms with Crippen molar-refractivity contribution in [3.63, 3.8) is 0 Å². The number of benzene rings is 1. The van der Waals surface area contributed by atoms with Crippen molar-refractivity contribution < 1.29 is 32.3 Å². The first kappa shape index (κ1) is 21.8. The van der Waals surface area contributed by atoms with Crippen LogP contribution in [0, 0.1) is 0 Å². The molecule has 0 radical (unpaired) electrons. The molecule has 0 heterocycles. The number of amides is 2. The second-order valence-corrected chi connectivity index (χ2v) is 6.16. The van der Waals surface area contributed by atoms with Gasteiger partial charge in [0, 0.05) is 5.56 Å². The van der Waals surface area contributed by atoms with E-state index in [1.165, 1.54) is 11.8 Å². The van der Waals surface area contributed by atoms with Crippen LogP contribution < -0.4 is 10.6 Å². The lowest BCUT2D eigenvalue weighted by Crippen LogP contribution is -2.44. The number of rotatable bonds is 9. The highest BCUT2D eigenvalue weighted by atomic mass is 32.2. The summed E-state index contributed by atoms with van der Waals surface area (Å²) in [5, 5.41) is 4.10. The maximum Gasteiger partial charge on any atom is 0.405 e. The number of hydrogen-bond acceptors (Lipinski definition) is 5. The number of ether oxygens (including phenoxy) is 1. The Morgan fingerprint density at radius 2 is 1.85 bits per heavy atom. The van der Waals surface area contributed by atoms with Crippen LogP contribution in [0.1, 0.15) is 16.8 Å². The number of halogens is 3. The van der Waals surface area contributed by atoms with Crippen molar-refractivity contribution in [3.05, 3.63) is 35.9 Å². The molecule has 1 rings (SSSR count). The molecule has 0 aliphatic carbocycles. The number of nitrogens with one attached hydrogen (secondary N) is 2. The van der Waals surface area contributed by atoms with E-state index in [0.29, 0.717) is 11.3 Å². The van der Waals surface area contributed by atoms with Gasteiger partial charge < -0.3 is 15.4 Å². The third kappa shape index (κ3) is 8.75. The van der Waals surface area contributed by atoms with Gasteiger partial charge in [-0.1, -0.05) is 18.2 Å². The van der Waals surface area contributed by atoms with E-state index in [-0.39, 0.29) is 6.42 Å². The Morgan fingerprint density at radius 3 is 2.42 bits per heavy atom. The highest BCUT2D eigenvalue weighted by molar-refractivity contribution is 7.98. The molecule has 0 spiro atoms. The first-order valence-corrected chi connectivity index (χ1v) is 8.97. The van der Waals surface area contributed by atoms with Crippen molar-refractivity contribution in [2.45, 2.75) is 18.6 Å². The van der Waals surface area contributed by atoms with Gasteiger partial charge in [-0.05, 0) is 30.6 Å². The maximum absolute atomic E-state index is 12.1. The second kappa shape index (κ2) is 10.7. The molecule has 1 atom stereocenters. The number of alkyl halides is 3. The normalized spacial score (nSPS) is 12.2. The topological polar surface area (TPSA) is 84.5 Å². The Labute approximate surface area is 152 Å². The minimum absolute atomic E-state index is 0.253. The molecule has 1 aromatic carbocycles. The number of esters is 1. The molecule has 26 heavy (non-hydrogen) atoms. The van der Waals surface area contributed by atoms with E-state index in [1.54, 1.807) is 35.6 Å². The van der Waals surface area contributed by atoms with Gasteiger partial charge in [0.25, 0.3) is 11.8 Å². The summed E-state index contributed by atoms with van der Waals surface area (Å²) in [4.78, 5) is 35.5. The first-order valence-electron chi connectivity index (χ1n) is 7.58. The Kier molecular flexibility index (Phi) is 8.97. The zero-order valence-electron chi connectivity index (χ0n) is 14.0. The summed E-state index contributed by atoms with van der Waals surface area (Å²) in [5.74, 6) is -1.91. The van der Waals surface area contributed by atoms with Gasteiger partial charge in [-0.25, -0.2) is 4.79 Å². The van der Waals surface area contributed by atoms with E-state index in [0.717, 1.165) is 0 Å². The van der Waals surface area contributed by atoms with Crippen LogP contribution in [-0.2, 0) is 14.3 Å². The van der Waals surface area contributed by atoms with Gasteiger partial charge in [-0.2, -0.15) is 24.9 Å². The third-order valence-corrected chi connectivity index (χ3v) is 3.71. The molecule has 0 saturated carbocycles. The van der Waals surface area contributed by atoms with Crippen molar-refractivity contribution in [3.8, 4) is 0 Å². The molecule has 144 valence electrons. The summed E-state index contributed by atoms with van der Waals surface area (Å²) in [7, 11) is 0. The van der Waals surface area contributed by atoms with E-state index in [2.05, 4.69) is 5.32 Å². The highest BCUT2D eigenvalue weighted by Gasteiger charge is 2.28. The zero-order valence-corrected chi connectivity index (χ0v) is 14.8. The molecule has 0 bridgehead atoms. The van der Waals surface area contributed by atoms with E-state index < -0.39 is 43.2 Å². The Hall–Kier alpha value is -2.23. The molecule has 6 nitrogen and oxygen atoms in total. The molecular weight excluding hydrogens is 373 g/mol. The summed E-state index contributed by atoms with van der Waals surface area (Å²) in [6.07, 6.45) is -2.49. The predicted octanol–water partition coefficient (Wildman–Crippen LogP) is 1.76. The Bertz CT molecular complexity index is 611. The standard InChI is InChI=1S/C16H19F3N2O4S/c1-26-8-7-12(21-14(23)11-5-3-2-4-6-11)15(24)25-9-13(22)20-10-16(17,18)19/h2-6,12H,7-10H2,1H3,(H,20,22)(H,21,23)/t12-/m1/s1. The van der Waals surface area contributed by atoms with E-state index in [4.69, 9.17) is 4.74 Å². The molecule has 2 N–H and O–H groups in total. The van der Waals surface area contributed by atoms with Crippen molar-refractivity contribution >= 4 is 29.5 Å². The van der Waals surface area contributed by atoms with Gasteiger partial charge in [0.1, 0.15) is 12.6 Å². The summed E-state index contributed by atoms with van der Waals surface area (Å²) in [6.45, 7) is -2.37. The van der Waals surface area contributed by atoms with Crippen LogP contribution in [0.5, 0.6) is 0 Å². The molecule has 0 saturated heterocycles. The largest absolute Gasteiger partial charge is 0.454 e. The second-order valence-electron chi connectivity index (χ2n) is 5.17. The molecular formula is C16H19F3N2O4S. The van der Waals surface area contributed by atoms with Crippen molar-refractivity contribution in [1.82, 2.24) is 10.6 Å². The van der Waals surface area contributed by atoms with Crippen LogP contribution in [0.25, 0.3) is 0 Å². The average molecular weight is 392 g/mol. The smallest absolute Gasteiger partial charge is 0.405 e. The maximum atomic E-state index is 12.1. The molecule has 0 aliphatic heterocycles. The highest BCUT2D eigenvalue weighted by Crippen LogP contribution is 2.12. The first-order chi connectivity index (χ1) is 12.2. The third-order valence-electron chi connectivity index (χ3n) is 3.07. The molecule has 0 fully saturated rings. The van der Waals surface area contributed by atoms with E-state index in [1.807, 2.05) is 6.26 Å². The van der Waals surface area contributed by atoms with Gasteiger partial charge in [-0.3, -0.25) is 9.59 Å². The van der Waals surface area contributed by atoms with Gasteiger partial charge in [0.05, 0.1) is 0 Å². The lowest BCUT2D eigenvalue weighted by atomic mass is 10.1. The quantitative estimate of drug-likeness (QED) is 0.626. The van der Waals surface area contributed by atoms with Crippen LogP contribution >= 0.6 is 11.8 Å². The number of carbonyl (C=O) groups excluding carboxylic acids is 3. The van der Waals surface area contributed by atoms with Crippen molar-refractivity contribution in [1.29, 1.82) is 0 Å². The molecule has 0 aromatic heterocycles. The fourth-order valence-corrected chi connectivity index (χ4v) is 2.27. The summed E-state index contributed by atoms with van der Waals surface area (Å²) >= 11 is 1.44. The SMILES string of the molecule is CSCC[C@@H](NC(=O)c1ccccc1)C(=O)OCC(=O)NCC(F)(F)F. The van der Waals surface area contributed by atoms with Crippen LogP contribution in [0.15, 0.2) is 30.3 Å². The Morgan fingerprint density at radius 1 is 1.19 bits per heavy atom. The van der Waals surface area contributed by atoms with E-state index >= 15 is 0 Å². The minimum atomic E-state index is -4.55. The fraction of sp³-hybridized carbons (Fsp3) is 0.438.